The quantitative estimate of drug-likeness (QED) is 0.910. The molecule has 0 saturated heterocycles. The summed E-state index contributed by atoms with van der Waals surface area (Å²) < 4.78 is 38.8. The largest absolute Gasteiger partial charge is 0.435 e. The zero-order valence-electron chi connectivity index (χ0n) is 8.69. The molecule has 18 heavy (non-hydrogen) atoms. The molecule has 0 atom stereocenters. The lowest BCUT2D eigenvalue weighted by molar-refractivity contribution is -0.142. The molecule has 0 radical (unpaired) electrons. The Kier molecular flexibility index (Phi) is 3.22. The van der Waals surface area contributed by atoms with Crippen LogP contribution in [0.25, 0.3) is 5.82 Å². The van der Waals surface area contributed by atoms with E-state index in [1.54, 1.807) is 0 Å². The first kappa shape index (κ1) is 12.8. The lowest BCUT2D eigenvalue weighted by Crippen LogP contribution is -2.10. The van der Waals surface area contributed by atoms with Gasteiger partial charge in [-0.2, -0.15) is 18.3 Å². The molecule has 2 rings (SSSR count). The van der Waals surface area contributed by atoms with Crippen molar-refractivity contribution in [3.8, 4) is 5.82 Å². The molecule has 0 spiro atoms. The second kappa shape index (κ2) is 4.54. The van der Waals surface area contributed by atoms with Crippen LogP contribution in [0.3, 0.4) is 0 Å². The van der Waals surface area contributed by atoms with Gasteiger partial charge in [0.2, 0.25) is 0 Å². The van der Waals surface area contributed by atoms with Crippen LogP contribution in [0.5, 0.6) is 0 Å². The van der Waals surface area contributed by atoms with Gasteiger partial charge in [0.05, 0.1) is 12.8 Å². The molecule has 1 N–H and O–H groups in total. The maximum atomic E-state index is 12.7. The molecule has 0 aliphatic rings. The SMILES string of the molecule is OCc1c(C(F)(F)F)nn(-c2cnccn2)c1Cl. The molecule has 5 nitrogen and oxygen atoms in total. The predicted molar refractivity (Wildman–Crippen MR) is 55.1 cm³/mol. The zero-order chi connectivity index (χ0) is 13.3. The summed E-state index contributed by atoms with van der Waals surface area (Å²) in [5, 5.41) is 11.9. The molecule has 0 aliphatic carbocycles. The van der Waals surface area contributed by atoms with Crippen molar-refractivity contribution in [2.24, 2.45) is 0 Å². The molecule has 0 aliphatic heterocycles. The number of aliphatic hydroxyl groups excluding tert-OH is 1. The van der Waals surface area contributed by atoms with E-state index >= 15 is 0 Å². The van der Waals surface area contributed by atoms with Crippen LogP contribution in [0.4, 0.5) is 13.2 Å². The summed E-state index contributed by atoms with van der Waals surface area (Å²) in [6.07, 6.45) is -0.840. The molecule has 2 aromatic rings. The molecule has 0 saturated carbocycles. The maximum absolute atomic E-state index is 12.7. The van der Waals surface area contributed by atoms with Gasteiger partial charge in [0.15, 0.2) is 11.5 Å². The van der Waals surface area contributed by atoms with E-state index in [4.69, 9.17) is 16.7 Å². The molecule has 0 bridgehead atoms. The zero-order valence-corrected chi connectivity index (χ0v) is 9.44. The fourth-order valence-electron chi connectivity index (χ4n) is 1.35. The van der Waals surface area contributed by atoms with Gasteiger partial charge in [0, 0.05) is 18.0 Å². The Bertz CT molecular complexity index is 555. The normalized spacial score (nSPS) is 11.8. The summed E-state index contributed by atoms with van der Waals surface area (Å²) in [5.74, 6) is 0.0349. The van der Waals surface area contributed by atoms with Crippen LogP contribution in [0.1, 0.15) is 11.3 Å². The second-order valence-electron chi connectivity index (χ2n) is 3.25. The van der Waals surface area contributed by atoms with Crippen LogP contribution in [-0.2, 0) is 12.8 Å². The molecule has 0 unspecified atom stereocenters. The third kappa shape index (κ3) is 2.16. The minimum Gasteiger partial charge on any atom is -0.391 e. The van der Waals surface area contributed by atoms with E-state index in [1.807, 2.05) is 0 Å². The standard InChI is InChI=1S/C9H6ClF3N4O/c10-8-5(4-18)7(9(11,12)13)16-17(8)6-3-14-1-2-15-6/h1-3,18H,4H2. The first-order valence-corrected chi connectivity index (χ1v) is 5.04. The number of alkyl halides is 3. The number of aliphatic hydroxyl groups is 1. The Labute approximate surface area is 104 Å². The Morgan fingerprint density at radius 2 is 2.06 bits per heavy atom. The van der Waals surface area contributed by atoms with Crippen molar-refractivity contribution in [1.29, 1.82) is 0 Å². The number of hydrogen-bond acceptors (Lipinski definition) is 4. The van der Waals surface area contributed by atoms with E-state index in [9.17, 15) is 13.2 Å². The van der Waals surface area contributed by atoms with E-state index < -0.39 is 24.0 Å². The first-order chi connectivity index (χ1) is 8.45. The molecule has 2 heterocycles. The average Bonchev–Trinajstić information content (AvgIpc) is 2.67. The Balaban J connectivity index is 2.61. The van der Waals surface area contributed by atoms with E-state index in [-0.39, 0.29) is 11.0 Å². The van der Waals surface area contributed by atoms with Crippen LogP contribution in [0.2, 0.25) is 5.15 Å². The van der Waals surface area contributed by atoms with Crippen LogP contribution < -0.4 is 0 Å². The van der Waals surface area contributed by atoms with Gasteiger partial charge in [-0.3, -0.25) is 4.98 Å². The number of rotatable bonds is 2. The minimum atomic E-state index is -4.70. The van der Waals surface area contributed by atoms with Crippen molar-refractivity contribution in [1.82, 2.24) is 19.7 Å². The fraction of sp³-hybridized carbons (Fsp3) is 0.222. The topological polar surface area (TPSA) is 63.8 Å². The van der Waals surface area contributed by atoms with Crippen molar-refractivity contribution in [2.45, 2.75) is 12.8 Å². The van der Waals surface area contributed by atoms with E-state index in [0.29, 0.717) is 0 Å². The highest BCUT2D eigenvalue weighted by Gasteiger charge is 2.39. The van der Waals surface area contributed by atoms with E-state index in [2.05, 4.69) is 15.1 Å². The highest BCUT2D eigenvalue weighted by Crippen LogP contribution is 2.35. The molecule has 0 fully saturated rings. The summed E-state index contributed by atoms with van der Waals surface area (Å²) in [7, 11) is 0. The third-order valence-electron chi connectivity index (χ3n) is 2.11. The van der Waals surface area contributed by atoms with Crippen LogP contribution in [0.15, 0.2) is 18.6 Å². The lowest BCUT2D eigenvalue weighted by Gasteiger charge is -2.03. The predicted octanol–water partition coefficient (Wildman–Crippen LogP) is 1.83. The number of halogens is 4. The smallest absolute Gasteiger partial charge is 0.391 e. The third-order valence-corrected chi connectivity index (χ3v) is 2.50. The highest BCUT2D eigenvalue weighted by atomic mass is 35.5. The molecule has 9 heteroatoms. The molecular weight excluding hydrogens is 273 g/mol. The highest BCUT2D eigenvalue weighted by molar-refractivity contribution is 6.30. The van der Waals surface area contributed by atoms with Gasteiger partial charge in [-0.1, -0.05) is 11.6 Å². The summed E-state index contributed by atoms with van der Waals surface area (Å²) in [6, 6.07) is 0. The Hall–Kier alpha value is -1.67. The van der Waals surface area contributed by atoms with Gasteiger partial charge in [0.1, 0.15) is 5.15 Å². The lowest BCUT2D eigenvalue weighted by atomic mass is 10.2. The van der Waals surface area contributed by atoms with E-state index in [0.717, 1.165) is 4.68 Å². The number of aromatic nitrogens is 4. The number of nitrogens with zero attached hydrogens (tertiary/aromatic N) is 4. The Morgan fingerprint density at radius 3 is 2.50 bits per heavy atom. The van der Waals surface area contributed by atoms with Gasteiger partial charge in [-0.25, -0.2) is 9.67 Å². The minimum absolute atomic E-state index is 0.0349. The van der Waals surface area contributed by atoms with Gasteiger partial charge in [-0.15, -0.1) is 0 Å². The van der Waals surface area contributed by atoms with Gasteiger partial charge < -0.3 is 5.11 Å². The van der Waals surface area contributed by atoms with Crippen molar-refractivity contribution >= 4 is 11.6 Å². The van der Waals surface area contributed by atoms with Crippen molar-refractivity contribution in [2.75, 3.05) is 0 Å². The summed E-state index contributed by atoms with van der Waals surface area (Å²) in [5.41, 5.74) is -1.73. The van der Waals surface area contributed by atoms with Gasteiger partial charge in [-0.05, 0) is 0 Å². The van der Waals surface area contributed by atoms with Gasteiger partial charge in [0.25, 0.3) is 0 Å². The molecule has 0 amide bonds. The summed E-state index contributed by atoms with van der Waals surface area (Å²) in [6.45, 7) is -0.867. The van der Waals surface area contributed by atoms with Gasteiger partial charge >= 0.3 is 6.18 Å². The van der Waals surface area contributed by atoms with Crippen molar-refractivity contribution in [3.05, 3.63) is 35.0 Å². The fourth-order valence-corrected chi connectivity index (χ4v) is 1.62. The second-order valence-corrected chi connectivity index (χ2v) is 3.61. The van der Waals surface area contributed by atoms with Crippen molar-refractivity contribution < 1.29 is 18.3 Å². The molecule has 0 aromatic carbocycles. The van der Waals surface area contributed by atoms with Crippen molar-refractivity contribution in [3.63, 3.8) is 0 Å². The monoisotopic (exact) mass is 278 g/mol. The molecule has 96 valence electrons. The summed E-state index contributed by atoms with van der Waals surface area (Å²) >= 11 is 5.74. The first-order valence-electron chi connectivity index (χ1n) is 4.67. The van der Waals surface area contributed by atoms with Crippen LogP contribution in [0, 0.1) is 0 Å². The van der Waals surface area contributed by atoms with Crippen LogP contribution >= 0.6 is 11.6 Å². The maximum Gasteiger partial charge on any atom is 0.435 e. The summed E-state index contributed by atoms with van der Waals surface area (Å²) in [4.78, 5) is 7.49. The Morgan fingerprint density at radius 1 is 1.33 bits per heavy atom. The number of hydrogen-bond donors (Lipinski definition) is 1. The van der Waals surface area contributed by atoms with E-state index in [1.165, 1.54) is 18.6 Å². The van der Waals surface area contributed by atoms with Crippen LogP contribution in [-0.4, -0.2) is 24.9 Å². The average molecular weight is 279 g/mol. The molecular formula is C9H6ClF3N4O. The molecule has 2 aromatic heterocycles.